The maximum absolute atomic E-state index is 12.6. The number of quaternary nitrogens is 1. The highest BCUT2D eigenvalue weighted by atomic mass is 32.1. The van der Waals surface area contributed by atoms with Crippen molar-refractivity contribution in [1.29, 1.82) is 0 Å². The molecule has 118 valence electrons. The van der Waals surface area contributed by atoms with Crippen LogP contribution in [0.2, 0.25) is 0 Å². The molecule has 0 bridgehead atoms. The third-order valence-electron chi connectivity index (χ3n) is 4.71. The van der Waals surface area contributed by atoms with Gasteiger partial charge >= 0.3 is 0 Å². The Labute approximate surface area is 138 Å². The number of thiophene rings is 1. The lowest BCUT2D eigenvalue weighted by Gasteiger charge is -2.31. The summed E-state index contributed by atoms with van der Waals surface area (Å²) < 4.78 is 1.53. The zero-order valence-corrected chi connectivity index (χ0v) is 13.8. The Morgan fingerprint density at radius 1 is 1.35 bits per heavy atom. The molecule has 0 aliphatic carbocycles. The molecule has 1 unspecified atom stereocenters. The maximum Gasteiger partial charge on any atom is 0.282 e. The van der Waals surface area contributed by atoms with Crippen LogP contribution in [0.25, 0.3) is 10.9 Å². The van der Waals surface area contributed by atoms with Crippen LogP contribution in [0, 0.1) is 0 Å². The molecule has 0 amide bonds. The topological polar surface area (TPSA) is 52.2 Å². The van der Waals surface area contributed by atoms with Crippen LogP contribution < -0.4 is 10.5 Å². The molecular formula is C17H19N4OS+. The minimum atomic E-state index is -0.0472. The van der Waals surface area contributed by atoms with Gasteiger partial charge in [0.25, 0.3) is 5.56 Å². The minimum absolute atomic E-state index is 0.0472. The van der Waals surface area contributed by atoms with Crippen molar-refractivity contribution in [2.75, 3.05) is 6.54 Å². The average molecular weight is 327 g/mol. The van der Waals surface area contributed by atoms with E-state index in [1.54, 1.807) is 0 Å². The summed E-state index contributed by atoms with van der Waals surface area (Å²) in [6.07, 6.45) is 2.14. The molecule has 6 heteroatoms. The zero-order valence-electron chi connectivity index (χ0n) is 13.0. The predicted molar refractivity (Wildman–Crippen MR) is 90.7 cm³/mol. The fourth-order valence-corrected chi connectivity index (χ4v) is 4.49. The van der Waals surface area contributed by atoms with Crippen molar-refractivity contribution >= 4 is 22.2 Å². The second-order valence-corrected chi connectivity index (χ2v) is 6.99. The molecule has 2 aromatic heterocycles. The second-order valence-electron chi connectivity index (χ2n) is 5.99. The zero-order chi connectivity index (χ0) is 15.8. The van der Waals surface area contributed by atoms with Crippen LogP contribution in [0.5, 0.6) is 0 Å². The van der Waals surface area contributed by atoms with Crippen LogP contribution in [-0.4, -0.2) is 21.5 Å². The van der Waals surface area contributed by atoms with Crippen LogP contribution in [0.15, 0.2) is 40.5 Å². The van der Waals surface area contributed by atoms with Gasteiger partial charge in [-0.3, -0.25) is 4.79 Å². The summed E-state index contributed by atoms with van der Waals surface area (Å²) in [5, 5.41) is 11.2. The van der Waals surface area contributed by atoms with E-state index in [1.165, 1.54) is 20.0 Å². The first-order chi connectivity index (χ1) is 11.3. The highest BCUT2D eigenvalue weighted by molar-refractivity contribution is 7.10. The summed E-state index contributed by atoms with van der Waals surface area (Å²) in [6.45, 7) is 3.82. The van der Waals surface area contributed by atoms with E-state index in [9.17, 15) is 4.79 Å². The molecule has 1 aliphatic rings. The molecule has 0 saturated heterocycles. The Bertz CT molecular complexity index is 901. The molecule has 5 nitrogen and oxygen atoms in total. The third kappa shape index (κ3) is 2.48. The summed E-state index contributed by atoms with van der Waals surface area (Å²) >= 11 is 1.85. The van der Waals surface area contributed by atoms with Gasteiger partial charge in [0.1, 0.15) is 11.6 Å². The van der Waals surface area contributed by atoms with Crippen molar-refractivity contribution in [2.24, 2.45) is 0 Å². The molecular weight excluding hydrogens is 308 g/mol. The van der Waals surface area contributed by atoms with Gasteiger partial charge in [-0.05, 0) is 23.6 Å². The Morgan fingerprint density at radius 2 is 2.22 bits per heavy atom. The van der Waals surface area contributed by atoms with Gasteiger partial charge in [-0.2, -0.15) is 4.68 Å². The first-order valence-electron chi connectivity index (χ1n) is 8.01. The molecule has 0 fully saturated rings. The van der Waals surface area contributed by atoms with E-state index in [0.29, 0.717) is 23.6 Å². The van der Waals surface area contributed by atoms with Crippen LogP contribution >= 0.6 is 11.3 Å². The van der Waals surface area contributed by atoms with Crippen molar-refractivity contribution in [3.63, 3.8) is 0 Å². The number of hydrogen-bond donors (Lipinski definition) is 1. The Morgan fingerprint density at radius 3 is 3.09 bits per heavy atom. The van der Waals surface area contributed by atoms with E-state index < -0.39 is 0 Å². The van der Waals surface area contributed by atoms with Gasteiger partial charge < -0.3 is 4.90 Å². The van der Waals surface area contributed by atoms with Crippen LogP contribution in [0.4, 0.5) is 0 Å². The van der Waals surface area contributed by atoms with Gasteiger partial charge in [0.2, 0.25) is 0 Å². The van der Waals surface area contributed by atoms with Crippen LogP contribution in [0.1, 0.15) is 29.8 Å². The second kappa shape index (κ2) is 5.86. The lowest BCUT2D eigenvalue weighted by molar-refractivity contribution is -0.956. The Hall–Kier alpha value is -2.05. The molecule has 4 rings (SSSR count). The quantitative estimate of drug-likeness (QED) is 0.791. The van der Waals surface area contributed by atoms with Crippen molar-refractivity contribution in [3.8, 4) is 0 Å². The number of benzene rings is 1. The summed E-state index contributed by atoms with van der Waals surface area (Å²) in [4.78, 5) is 15.5. The first-order valence-corrected chi connectivity index (χ1v) is 8.89. The SMILES string of the molecule is CC[C@H]1c2ccsc2CC[NH+]1Cn1nnc2ccccc2c1=O. The largest absolute Gasteiger partial charge is 0.310 e. The highest BCUT2D eigenvalue weighted by Crippen LogP contribution is 2.26. The number of rotatable bonds is 3. The number of hydrogen-bond acceptors (Lipinski definition) is 4. The van der Waals surface area contributed by atoms with E-state index >= 15 is 0 Å². The van der Waals surface area contributed by atoms with Gasteiger partial charge in [0, 0.05) is 23.3 Å². The average Bonchev–Trinajstić information content (AvgIpc) is 3.06. The number of nitrogens with zero attached hydrogens (tertiary/aromatic N) is 3. The molecule has 3 aromatic rings. The van der Waals surface area contributed by atoms with E-state index in [1.807, 2.05) is 35.6 Å². The summed E-state index contributed by atoms with van der Waals surface area (Å²) in [7, 11) is 0. The summed E-state index contributed by atoms with van der Waals surface area (Å²) in [5.74, 6) is 0. The normalized spacial score (nSPS) is 20.6. The van der Waals surface area contributed by atoms with Crippen molar-refractivity contribution < 1.29 is 4.90 Å². The Balaban J connectivity index is 1.68. The molecule has 2 atom stereocenters. The molecule has 0 radical (unpaired) electrons. The lowest BCUT2D eigenvalue weighted by atomic mass is 9.98. The van der Waals surface area contributed by atoms with Gasteiger partial charge in [0.15, 0.2) is 6.67 Å². The lowest BCUT2D eigenvalue weighted by Crippen LogP contribution is -3.12. The van der Waals surface area contributed by atoms with E-state index in [0.717, 1.165) is 19.4 Å². The van der Waals surface area contributed by atoms with Crippen LogP contribution in [0.3, 0.4) is 0 Å². The molecule has 1 N–H and O–H groups in total. The smallest absolute Gasteiger partial charge is 0.282 e. The van der Waals surface area contributed by atoms with Crippen molar-refractivity contribution in [1.82, 2.24) is 15.0 Å². The molecule has 0 spiro atoms. The third-order valence-corrected chi connectivity index (χ3v) is 5.71. The van der Waals surface area contributed by atoms with E-state index in [-0.39, 0.29) is 5.56 Å². The molecule has 23 heavy (non-hydrogen) atoms. The van der Waals surface area contributed by atoms with Gasteiger partial charge in [-0.25, -0.2) is 0 Å². The number of fused-ring (bicyclic) bond motifs is 2. The summed E-state index contributed by atoms with van der Waals surface area (Å²) in [6, 6.07) is 10.1. The molecule has 0 saturated carbocycles. The van der Waals surface area contributed by atoms with Gasteiger partial charge in [-0.15, -0.1) is 16.4 Å². The maximum atomic E-state index is 12.6. The van der Waals surface area contributed by atoms with Crippen LogP contribution in [-0.2, 0) is 13.1 Å². The molecule has 3 heterocycles. The van der Waals surface area contributed by atoms with E-state index in [4.69, 9.17) is 0 Å². The highest BCUT2D eigenvalue weighted by Gasteiger charge is 2.31. The van der Waals surface area contributed by atoms with Gasteiger partial charge in [0.05, 0.1) is 11.9 Å². The monoisotopic (exact) mass is 327 g/mol. The Kier molecular flexibility index (Phi) is 3.71. The molecule has 1 aromatic carbocycles. The fourth-order valence-electron chi connectivity index (χ4n) is 3.55. The van der Waals surface area contributed by atoms with Crippen molar-refractivity contribution in [3.05, 3.63) is 56.5 Å². The van der Waals surface area contributed by atoms with Crippen molar-refractivity contribution in [2.45, 2.75) is 32.5 Å². The standard InChI is InChI=1S/C17H18N4OS/c1-2-15-13-8-10-23-16(13)7-9-20(15)11-21-17(22)12-5-3-4-6-14(12)18-19-21/h3-6,8,10,15H,2,7,9,11H2,1H3/p+1/t15-/m0/s1. The van der Waals surface area contributed by atoms with E-state index in [2.05, 4.69) is 28.7 Å². The predicted octanol–water partition coefficient (Wildman–Crippen LogP) is 1.40. The fraction of sp³-hybridized carbons (Fsp3) is 0.353. The number of nitrogens with one attached hydrogen (secondary N) is 1. The minimum Gasteiger partial charge on any atom is -0.310 e. The number of aromatic nitrogens is 3. The first kappa shape index (κ1) is 14.5. The molecule has 1 aliphatic heterocycles. The summed E-state index contributed by atoms with van der Waals surface area (Å²) in [5.41, 5.74) is 2.06. The van der Waals surface area contributed by atoms with Gasteiger partial charge in [-0.1, -0.05) is 24.3 Å².